The number of aliphatic hydroxyl groups excluding tert-OH is 4. The molecule has 9 heteroatoms. The number of piperidine rings is 1. The van der Waals surface area contributed by atoms with Gasteiger partial charge in [0.2, 0.25) is 6.29 Å². The Kier molecular flexibility index (Phi) is 6.94. The maximum absolute atomic E-state index is 13.1. The number of rotatable bonds is 6. The molecule has 0 bridgehead atoms. The van der Waals surface area contributed by atoms with E-state index >= 15 is 0 Å². The zero-order valence-corrected chi connectivity index (χ0v) is 17.6. The van der Waals surface area contributed by atoms with E-state index in [1.165, 1.54) is 6.26 Å². The molecule has 3 aliphatic rings. The average Bonchev–Trinajstić information content (AvgIpc) is 2.81. The van der Waals surface area contributed by atoms with Crippen molar-refractivity contribution in [1.82, 2.24) is 4.90 Å². The minimum atomic E-state index is -1.55. The predicted molar refractivity (Wildman–Crippen MR) is 111 cm³/mol. The Morgan fingerprint density at radius 3 is 2.56 bits per heavy atom. The van der Waals surface area contributed by atoms with E-state index in [0.717, 1.165) is 5.56 Å². The lowest BCUT2D eigenvalue weighted by Crippen LogP contribution is -2.60. The van der Waals surface area contributed by atoms with Gasteiger partial charge in [0, 0.05) is 24.9 Å². The highest BCUT2D eigenvalue weighted by atomic mass is 16.8. The van der Waals surface area contributed by atoms with Crippen LogP contribution in [-0.2, 0) is 25.5 Å². The first-order valence-electron chi connectivity index (χ1n) is 10.7. The van der Waals surface area contributed by atoms with Crippen LogP contribution in [0.2, 0.25) is 0 Å². The molecular formula is C23H29NO8. The number of ether oxygens (including phenoxy) is 3. The molecule has 9 nitrogen and oxygen atoms in total. The maximum Gasteiger partial charge on any atom is 0.253 e. The maximum atomic E-state index is 13.1. The molecule has 0 aliphatic carbocycles. The van der Waals surface area contributed by atoms with Gasteiger partial charge in [-0.15, -0.1) is 6.58 Å². The van der Waals surface area contributed by atoms with Crippen LogP contribution in [0, 0.1) is 11.8 Å². The highest BCUT2D eigenvalue weighted by Gasteiger charge is 2.48. The number of benzene rings is 1. The first-order valence-corrected chi connectivity index (χ1v) is 10.7. The Balaban J connectivity index is 1.47. The third-order valence-corrected chi connectivity index (χ3v) is 6.36. The van der Waals surface area contributed by atoms with Gasteiger partial charge in [0.15, 0.2) is 6.29 Å². The molecule has 2 fully saturated rings. The van der Waals surface area contributed by atoms with Crippen LogP contribution in [0.1, 0.15) is 12.0 Å². The van der Waals surface area contributed by atoms with Gasteiger partial charge in [-0.25, -0.2) is 0 Å². The number of carbonyl (C=O) groups is 1. The van der Waals surface area contributed by atoms with E-state index in [2.05, 4.69) is 6.58 Å². The fraction of sp³-hybridized carbons (Fsp3) is 0.522. The van der Waals surface area contributed by atoms with Crippen molar-refractivity contribution in [1.29, 1.82) is 0 Å². The fourth-order valence-corrected chi connectivity index (χ4v) is 4.52. The molecule has 2 saturated heterocycles. The lowest BCUT2D eigenvalue weighted by molar-refractivity contribution is -0.339. The van der Waals surface area contributed by atoms with Crippen molar-refractivity contribution < 1.29 is 39.4 Å². The van der Waals surface area contributed by atoms with Crippen LogP contribution in [0.3, 0.4) is 0 Å². The Morgan fingerprint density at radius 2 is 1.88 bits per heavy atom. The SMILES string of the molecule is C=C[C@H]1[C@H](O[C@@H]2O[C@H](CO)[C@@H](O)[C@H](O)[C@H]2O)OC=C2C(=O)N(Cc3ccccc3)CC[C@H]21. The van der Waals surface area contributed by atoms with Crippen molar-refractivity contribution in [3.63, 3.8) is 0 Å². The number of aliphatic hydroxyl groups is 4. The summed E-state index contributed by atoms with van der Waals surface area (Å²) in [4.78, 5) is 14.9. The van der Waals surface area contributed by atoms with Crippen molar-refractivity contribution in [2.75, 3.05) is 13.2 Å². The molecule has 1 aromatic carbocycles. The van der Waals surface area contributed by atoms with Gasteiger partial charge in [-0.2, -0.15) is 0 Å². The first-order chi connectivity index (χ1) is 15.4. The van der Waals surface area contributed by atoms with Gasteiger partial charge >= 0.3 is 0 Å². The van der Waals surface area contributed by atoms with Crippen molar-refractivity contribution in [2.24, 2.45) is 11.8 Å². The molecule has 0 radical (unpaired) electrons. The molecular weight excluding hydrogens is 418 g/mol. The van der Waals surface area contributed by atoms with Crippen LogP contribution >= 0.6 is 0 Å². The summed E-state index contributed by atoms with van der Waals surface area (Å²) in [5, 5.41) is 39.6. The van der Waals surface area contributed by atoms with Crippen molar-refractivity contribution in [3.05, 3.63) is 60.4 Å². The summed E-state index contributed by atoms with van der Waals surface area (Å²) in [6.07, 6.45) is -4.19. The zero-order chi connectivity index (χ0) is 22.8. The van der Waals surface area contributed by atoms with Gasteiger partial charge in [-0.3, -0.25) is 4.79 Å². The van der Waals surface area contributed by atoms with Crippen LogP contribution < -0.4 is 0 Å². The van der Waals surface area contributed by atoms with Gasteiger partial charge in [0.25, 0.3) is 5.91 Å². The third-order valence-electron chi connectivity index (χ3n) is 6.36. The second kappa shape index (κ2) is 9.70. The predicted octanol–water partition coefficient (Wildman–Crippen LogP) is -0.106. The largest absolute Gasteiger partial charge is 0.471 e. The molecule has 1 amide bonds. The molecule has 32 heavy (non-hydrogen) atoms. The Labute approximate surface area is 186 Å². The molecule has 8 atom stereocenters. The topological polar surface area (TPSA) is 129 Å². The van der Waals surface area contributed by atoms with E-state index in [1.807, 2.05) is 30.3 Å². The van der Waals surface area contributed by atoms with Gasteiger partial charge in [0.05, 0.1) is 18.4 Å². The van der Waals surface area contributed by atoms with Gasteiger partial charge < -0.3 is 39.5 Å². The number of amides is 1. The highest BCUT2D eigenvalue weighted by molar-refractivity contribution is 5.94. The standard InChI is InChI=1S/C23H29NO8/c1-2-14-15-8-9-24(10-13-6-4-3-5-7-13)21(29)16(15)12-30-22(14)32-23-20(28)19(27)18(26)17(11-25)31-23/h2-7,12,14-15,17-20,22-23,25-28H,1,8-11H2/t14-,15+,17-,18-,19+,20-,22+,23+/m1/s1. The summed E-state index contributed by atoms with van der Waals surface area (Å²) in [5.41, 5.74) is 1.58. The fourth-order valence-electron chi connectivity index (χ4n) is 4.52. The Hall–Kier alpha value is -2.27. The van der Waals surface area contributed by atoms with Crippen LogP contribution in [-0.4, -0.2) is 81.4 Å². The van der Waals surface area contributed by atoms with Gasteiger partial charge in [-0.05, 0) is 12.0 Å². The molecule has 3 aliphatic heterocycles. The Morgan fingerprint density at radius 1 is 1.12 bits per heavy atom. The second-order valence-electron chi connectivity index (χ2n) is 8.33. The molecule has 4 rings (SSSR count). The monoisotopic (exact) mass is 447 g/mol. The number of likely N-dealkylation sites (tertiary alicyclic amines) is 1. The van der Waals surface area contributed by atoms with Crippen LogP contribution in [0.25, 0.3) is 0 Å². The molecule has 1 aromatic rings. The number of nitrogens with zero attached hydrogens (tertiary/aromatic N) is 1. The number of carbonyl (C=O) groups excluding carboxylic acids is 1. The lowest BCUT2D eigenvalue weighted by atomic mass is 9.79. The molecule has 0 aromatic heterocycles. The van der Waals surface area contributed by atoms with E-state index in [9.17, 15) is 25.2 Å². The van der Waals surface area contributed by atoms with E-state index in [-0.39, 0.29) is 11.8 Å². The van der Waals surface area contributed by atoms with Gasteiger partial charge in [-0.1, -0.05) is 36.4 Å². The van der Waals surface area contributed by atoms with Gasteiger partial charge in [0.1, 0.15) is 24.4 Å². The van der Waals surface area contributed by atoms with E-state index in [4.69, 9.17) is 14.2 Å². The summed E-state index contributed by atoms with van der Waals surface area (Å²) >= 11 is 0. The molecule has 0 saturated carbocycles. The average molecular weight is 447 g/mol. The summed E-state index contributed by atoms with van der Waals surface area (Å²) in [6.45, 7) is 4.38. The van der Waals surface area contributed by atoms with Crippen molar-refractivity contribution in [3.8, 4) is 0 Å². The molecule has 0 spiro atoms. The van der Waals surface area contributed by atoms with Crippen LogP contribution in [0.5, 0.6) is 0 Å². The summed E-state index contributed by atoms with van der Waals surface area (Å²) < 4.78 is 16.9. The van der Waals surface area contributed by atoms with E-state index in [0.29, 0.717) is 25.1 Å². The van der Waals surface area contributed by atoms with E-state index < -0.39 is 49.5 Å². The summed E-state index contributed by atoms with van der Waals surface area (Å²) in [5.74, 6) is -0.691. The summed E-state index contributed by atoms with van der Waals surface area (Å²) in [6, 6.07) is 9.75. The van der Waals surface area contributed by atoms with Crippen LogP contribution in [0.4, 0.5) is 0 Å². The minimum absolute atomic E-state index is 0.108. The van der Waals surface area contributed by atoms with E-state index in [1.54, 1.807) is 11.0 Å². The Bertz CT molecular complexity index is 844. The second-order valence-corrected chi connectivity index (χ2v) is 8.33. The van der Waals surface area contributed by atoms with Crippen molar-refractivity contribution in [2.45, 2.75) is 50.0 Å². The normalized spacial score (nSPS) is 37.3. The lowest BCUT2D eigenvalue weighted by Gasteiger charge is -2.44. The number of hydrogen-bond donors (Lipinski definition) is 4. The smallest absolute Gasteiger partial charge is 0.253 e. The quantitative estimate of drug-likeness (QED) is 0.445. The molecule has 174 valence electrons. The van der Waals surface area contributed by atoms with Crippen molar-refractivity contribution >= 4 is 5.91 Å². The zero-order valence-electron chi connectivity index (χ0n) is 17.6. The minimum Gasteiger partial charge on any atom is -0.471 e. The van der Waals surface area contributed by atoms with Crippen LogP contribution in [0.15, 0.2) is 54.8 Å². The molecule has 3 heterocycles. The molecule has 0 unspecified atom stereocenters. The third kappa shape index (κ3) is 4.32. The number of fused-ring (bicyclic) bond motifs is 1. The summed E-state index contributed by atoms with van der Waals surface area (Å²) in [7, 11) is 0. The molecule has 4 N–H and O–H groups in total. The number of hydrogen-bond acceptors (Lipinski definition) is 8. The highest BCUT2D eigenvalue weighted by Crippen LogP contribution is 2.39. The first kappa shape index (κ1) is 22.9.